The summed E-state index contributed by atoms with van der Waals surface area (Å²) >= 11 is 0. The van der Waals surface area contributed by atoms with Gasteiger partial charge in [0, 0.05) is 5.56 Å². The molecular formula is C20H17FN2O5. The predicted molar refractivity (Wildman–Crippen MR) is 99.3 cm³/mol. The van der Waals surface area contributed by atoms with Crippen molar-refractivity contribution >= 4 is 17.6 Å². The Balaban J connectivity index is 1.75. The molecule has 2 aliphatic rings. The zero-order chi connectivity index (χ0) is 19.8. The third-order valence-electron chi connectivity index (χ3n) is 4.61. The maximum absolute atomic E-state index is 13.5. The largest absolute Gasteiger partial charge is 0.493 e. The smallest absolute Gasteiger partial charge is 0.260 e. The second kappa shape index (κ2) is 6.95. The maximum Gasteiger partial charge on any atom is 0.260 e. The van der Waals surface area contributed by atoms with Gasteiger partial charge in [-0.15, -0.1) is 0 Å². The summed E-state index contributed by atoms with van der Waals surface area (Å²) in [6.07, 6.45) is 0.288. The number of aliphatic imine (C=N–C) groups is 2. The number of hydrogen-bond acceptors (Lipinski definition) is 6. The summed E-state index contributed by atoms with van der Waals surface area (Å²) in [5.74, 6) is 0.710. The minimum Gasteiger partial charge on any atom is -0.493 e. The molecule has 1 atom stereocenters. The third-order valence-corrected chi connectivity index (χ3v) is 4.61. The molecule has 1 amide bonds. The van der Waals surface area contributed by atoms with Gasteiger partial charge in [-0.1, -0.05) is 0 Å². The average Bonchev–Trinajstić information content (AvgIpc) is 2.71. The Morgan fingerprint density at radius 2 is 1.75 bits per heavy atom. The Hall–Kier alpha value is -3.42. The van der Waals surface area contributed by atoms with Gasteiger partial charge in [-0.3, -0.25) is 4.79 Å². The fourth-order valence-corrected chi connectivity index (χ4v) is 3.24. The summed E-state index contributed by atoms with van der Waals surface area (Å²) in [6.45, 7) is 0. The van der Waals surface area contributed by atoms with Crippen LogP contribution in [0.1, 0.15) is 11.1 Å². The van der Waals surface area contributed by atoms with Crippen molar-refractivity contribution in [2.24, 2.45) is 15.9 Å². The molecule has 2 aromatic carbocycles. The van der Waals surface area contributed by atoms with E-state index >= 15 is 0 Å². The monoisotopic (exact) mass is 384 g/mol. The minimum atomic E-state index is -0.667. The van der Waals surface area contributed by atoms with E-state index in [1.54, 1.807) is 12.1 Å². The van der Waals surface area contributed by atoms with Crippen LogP contribution in [0.5, 0.6) is 23.0 Å². The molecule has 7 nitrogen and oxygen atoms in total. The lowest BCUT2D eigenvalue weighted by Gasteiger charge is -2.27. The molecule has 0 aliphatic carbocycles. The van der Waals surface area contributed by atoms with Crippen LogP contribution in [0.3, 0.4) is 0 Å². The van der Waals surface area contributed by atoms with Gasteiger partial charge in [0.1, 0.15) is 17.5 Å². The number of halogens is 1. The number of amidine groups is 1. The first kappa shape index (κ1) is 18.0. The molecule has 2 aromatic rings. The van der Waals surface area contributed by atoms with Crippen LogP contribution in [-0.2, 0) is 11.2 Å². The Kier molecular flexibility index (Phi) is 4.46. The molecule has 8 heteroatoms. The number of carbonyl (C=O) groups is 1. The Bertz CT molecular complexity index is 1010. The molecule has 2 heterocycles. The van der Waals surface area contributed by atoms with Gasteiger partial charge >= 0.3 is 0 Å². The number of amides is 1. The molecule has 0 saturated carbocycles. The first-order chi connectivity index (χ1) is 13.5. The number of fused-ring (bicyclic) bond motifs is 2. The molecule has 0 bridgehead atoms. The van der Waals surface area contributed by atoms with E-state index in [2.05, 4.69) is 9.98 Å². The summed E-state index contributed by atoms with van der Waals surface area (Å²) in [7, 11) is 4.50. The van der Waals surface area contributed by atoms with Crippen molar-refractivity contribution in [2.75, 3.05) is 21.3 Å². The lowest BCUT2D eigenvalue weighted by molar-refractivity contribution is -0.120. The van der Waals surface area contributed by atoms with Crippen molar-refractivity contribution in [3.8, 4) is 23.0 Å². The van der Waals surface area contributed by atoms with E-state index < -0.39 is 11.8 Å². The zero-order valence-electron chi connectivity index (χ0n) is 15.5. The molecule has 1 unspecified atom stereocenters. The van der Waals surface area contributed by atoms with Gasteiger partial charge in [-0.05, 0) is 42.3 Å². The second-order valence-electron chi connectivity index (χ2n) is 6.25. The second-order valence-corrected chi connectivity index (χ2v) is 6.25. The average molecular weight is 384 g/mol. The highest BCUT2D eigenvalue weighted by atomic mass is 19.1. The van der Waals surface area contributed by atoms with E-state index in [0.29, 0.717) is 34.1 Å². The Morgan fingerprint density at radius 1 is 1.04 bits per heavy atom. The van der Waals surface area contributed by atoms with Gasteiger partial charge in [-0.25, -0.2) is 4.39 Å². The highest BCUT2D eigenvalue weighted by Crippen LogP contribution is 2.39. The van der Waals surface area contributed by atoms with Crippen LogP contribution in [0, 0.1) is 11.7 Å². The maximum atomic E-state index is 13.5. The molecule has 4 rings (SSSR count). The van der Waals surface area contributed by atoms with Crippen LogP contribution >= 0.6 is 0 Å². The number of ether oxygens (including phenoxy) is 4. The lowest BCUT2D eigenvalue weighted by Crippen LogP contribution is -2.37. The van der Waals surface area contributed by atoms with E-state index in [0.717, 1.165) is 0 Å². The first-order valence-corrected chi connectivity index (χ1v) is 8.51. The number of nitrogens with zero attached hydrogens (tertiary/aromatic N) is 2. The van der Waals surface area contributed by atoms with Crippen molar-refractivity contribution in [3.05, 3.63) is 47.3 Å². The van der Waals surface area contributed by atoms with Crippen LogP contribution in [-0.4, -0.2) is 39.0 Å². The summed E-state index contributed by atoms with van der Waals surface area (Å²) < 4.78 is 35.2. The van der Waals surface area contributed by atoms with Crippen LogP contribution in [0.15, 0.2) is 40.3 Å². The van der Waals surface area contributed by atoms with Crippen molar-refractivity contribution in [2.45, 2.75) is 6.42 Å². The molecule has 0 fully saturated rings. The third kappa shape index (κ3) is 2.96. The van der Waals surface area contributed by atoms with Gasteiger partial charge in [0.2, 0.25) is 11.6 Å². The summed E-state index contributed by atoms with van der Waals surface area (Å²) in [4.78, 5) is 21.1. The van der Waals surface area contributed by atoms with E-state index in [4.69, 9.17) is 18.9 Å². The normalized spacial score (nSPS) is 17.6. The van der Waals surface area contributed by atoms with E-state index in [1.807, 2.05) is 0 Å². The van der Waals surface area contributed by atoms with Crippen molar-refractivity contribution in [3.63, 3.8) is 0 Å². The molecule has 0 saturated heterocycles. The van der Waals surface area contributed by atoms with Crippen LogP contribution in [0.2, 0.25) is 0 Å². The number of rotatable bonds is 4. The SMILES string of the molecule is COc1cc(C2=NC(=O)C3Cc4cc(F)ccc4OC3=N2)cc(OC)c1OC. The van der Waals surface area contributed by atoms with Crippen molar-refractivity contribution in [1.29, 1.82) is 0 Å². The predicted octanol–water partition coefficient (Wildman–Crippen LogP) is 2.79. The van der Waals surface area contributed by atoms with Crippen LogP contribution in [0.25, 0.3) is 0 Å². The Morgan fingerprint density at radius 3 is 2.39 bits per heavy atom. The van der Waals surface area contributed by atoms with Gasteiger partial charge in [0.05, 0.1) is 21.3 Å². The van der Waals surface area contributed by atoms with Crippen LogP contribution < -0.4 is 18.9 Å². The van der Waals surface area contributed by atoms with Gasteiger partial charge in [-0.2, -0.15) is 9.98 Å². The molecule has 0 radical (unpaired) electrons. The van der Waals surface area contributed by atoms with Gasteiger partial charge < -0.3 is 18.9 Å². The number of methoxy groups -OCH3 is 3. The fraction of sp³-hybridized carbons (Fsp3) is 0.250. The quantitative estimate of drug-likeness (QED) is 0.810. The molecule has 28 heavy (non-hydrogen) atoms. The van der Waals surface area contributed by atoms with Crippen molar-refractivity contribution < 1.29 is 28.1 Å². The standard InChI is InChI=1S/C20H17FN2O5/c1-25-15-8-11(9-16(26-2)17(15)27-3)18-22-19(24)13-7-10-6-12(21)4-5-14(10)28-20(13)23-18/h4-6,8-9,13H,7H2,1-3H3. The molecule has 0 spiro atoms. The molecule has 144 valence electrons. The van der Waals surface area contributed by atoms with E-state index in [-0.39, 0.29) is 24.0 Å². The summed E-state index contributed by atoms with van der Waals surface area (Å²) in [6, 6.07) is 7.50. The lowest BCUT2D eigenvalue weighted by atomic mass is 9.94. The number of benzene rings is 2. The molecular weight excluding hydrogens is 367 g/mol. The van der Waals surface area contributed by atoms with Gasteiger partial charge in [0.25, 0.3) is 5.91 Å². The van der Waals surface area contributed by atoms with E-state index in [9.17, 15) is 9.18 Å². The first-order valence-electron chi connectivity index (χ1n) is 8.51. The number of hydrogen-bond donors (Lipinski definition) is 0. The highest BCUT2D eigenvalue weighted by Gasteiger charge is 2.36. The molecule has 2 aliphatic heterocycles. The molecule has 0 N–H and O–H groups in total. The minimum absolute atomic E-state index is 0.182. The summed E-state index contributed by atoms with van der Waals surface area (Å²) in [5.41, 5.74) is 1.13. The topological polar surface area (TPSA) is 78.7 Å². The summed E-state index contributed by atoms with van der Waals surface area (Å²) in [5, 5.41) is 0. The fourth-order valence-electron chi connectivity index (χ4n) is 3.24. The van der Waals surface area contributed by atoms with Crippen molar-refractivity contribution in [1.82, 2.24) is 0 Å². The number of carbonyl (C=O) groups excluding carboxylic acids is 1. The van der Waals surface area contributed by atoms with Gasteiger partial charge in [0.15, 0.2) is 17.3 Å². The van der Waals surface area contributed by atoms with Crippen LogP contribution in [0.4, 0.5) is 4.39 Å². The zero-order valence-corrected chi connectivity index (χ0v) is 15.5. The molecule has 0 aromatic heterocycles. The Labute approximate surface area is 160 Å². The van der Waals surface area contributed by atoms with E-state index in [1.165, 1.54) is 39.5 Å². The highest BCUT2D eigenvalue weighted by molar-refractivity contribution is 6.19.